The highest BCUT2D eigenvalue weighted by Gasteiger charge is 2.19. The summed E-state index contributed by atoms with van der Waals surface area (Å²) >= 11 is 0. The number of nitrogens with two attached hydrogens (primary N) is 1. The van der Waals surface area contributed by atoms with Gasteiger partial charge in [0.2, 0.25) is 5.75 Å². The van der Waals surface area contributed by atoms with Gasteiger partial charge in [-0.3, -0.25) is 4.79 Å². The highest BCUT2D eigenvalue weighted by Crippen LogP contribution is 2.40. The fourth-order valence-corrected chi connectivity index (χ4v) is 1.63. The molecule has 0 saturated carbocycles. The molecule has 0 atom stereocenters. The number of primary amides is 1. The summed E-state index contributed by atoms with van der Waals surface area (Å²) in [5.41, 5.74) is 5.92. The van der Waals surface area contributed by atoms with Gasteiger partial charge in [0, 0.05) is 5.56 Å². The Morgan fingerprint density at radius 1 is 1.26 bits per heavy atom. The highest BCUT2D eigenvalue weighted by molar-refractivity contribution is 5.97. The number of carbonyl (C=O) groups excluding carboxylic acids is 1. The molecule has 0 bridgehead atoms. The Kier molecular flexibility index (Phi) is 3.23. The number of hydrogen-bond donors (Lipinski definition) is 3. The Morgan fingerprint density at radius 2 is 1.84 bits per heavy atom. The molecule has 4 N–H and O–H groups in total. The van der Waals surface area contributed by atoms with Gasteiger partial charge in [0.05, 0.1) is 14.2 Å². The molecule has 0 saturated heterocycles. The van der Waals surface area contributed by atoms with Crippen molar-refractivity contribution < 1.29 is 19.4 Å². The van der Waals surface area contributed by atoms with Gasteiger partial charge in [0.15, 0.2) is 17.2 Å². The third-order valence-corrected chi connectivity index (χ3v) is 2.53. The lowest BCUT2D eigenvalue weighted by Crippen LogP contribution is -2.12. The second-order valence-corrected chi connectivity index (χ2v) is 3.61. The summed E-state index contributed by atoms with van der Waals surface area (Å²) in [6.07, 6.45) is 0. The zero-order valence-corrected chi connectivity index (χ0v) is 10.3. The smallest absolute Gasteiger partial charge is 0.271 e. The van der Waals surface area contributed by atoms with Gasteiger partial charge in [0.25, 0.3) is 5.91 Å². The first-order valence-corrected chi connectivity index (χ1v) is 5.24. The number of nitrogens with zero attached hydrogens (tertiary/aromatic N) is 2. The summed E-state index contributed by atoms with van der Waals surface area (Å²) in [7, 11) is 2.80. The Morgan fingerprint density at radius 3 is 2.32 bits per heavy atom. The molecule has 1 heterocycles. The highest BCUT2D eigenvalue weighted by atomic mass is 16.5. The maximum Gasteiger partial charge on any atom is 0.271 e. The number of aromatic nitrogens is 3. The minimum atomic E-state index is -0.713. The molecule has 2 aromatic rings. The molecule has 8 nitrogen and oxygen atoms in total. The van der Waals surface area contributed by atoms with Gasteiger partial charge in [-0.05, 0) is 12.1 Å². The van der Waals surface area contributed by atoms with Crippen LogP contribution in [0.2, 0.25) is 0 Å². The number of phenols is 1. The second-order valence-electron chi connectivity index (χ2n) is 3.61. The molecular weight excluding hydrogens is 252 g/mol. The predicted molar refractivity (Wildman–Crippen MR) is 65.1 cm³/mol. The van der Waals surface area contributed by atoms with Crippen molar-refractivity contribution >= 4 is 5.91 Å². The van der Waals surface area contributed by atoms with E-state index in [1.54, 1.807) is 0 Å². The molecule has 1 amide bonds. The van der Waals surface area contributed by atoms with Gasteiger partial charge in [-0.15, -0.1) is 0 Å². The van der Waals surface area contributed by atoms with E-state index >= 15 is 0 Å². The van der Waals surface area contributed by atoms with E-state index in [1.165, 1.54) is 26.4 Å². The average Bonchev–Trinajstić information content (AvgIpc) is 2.88. The fourth-order valence-electron chi connectivity index (χ4n) is 1.63. The maximum absolute atomic E-state index is 11.2. The lowest BCUT2D eigenvalue weighted by molar-refractivity contribution is 0.0996. The van der Waals surface area contributed by atoms with Gasteiger partial charge < -0.3 is 20.3 Å². The van der Waals surface area contributed by atoms with E-state index < -0.39 is 5.91 Å². The lowest BCUT2D eigenvalue weighted by Gasteiger charge is -2.10. The van der Waals surface area contributed by atoms with Crippen LogP contribution in [0.15, 0.2) is 12.1 Å². The third-order valence-electron chi connectivity index (χ3n) is 2.53. The summed E-state index contributed by atoms with van der Waals surface area (Å²) in [5, 5.41) is 19.7. The van der Waals surface area contributed by atoms with Crippen LogP contribution in [0.1, 0.15) is 10.5 Å². The standard InChI is InChI=1S/C11H12N4O4/c1-18-6-3-5(4-7(19-2)10(6)16)8-9(11(12)17)14-15-13-8/h3-4,16H,1-2H3,(H2,12,17)(H,13,14,15). The van der Waals surface area contributed by atoms with Crippen molar-refractivity contribution in [3.8, 4) is 28.5 Å². The van der Waals surface area contributed by atoms with E-state index in [-0.39, 0.29) is 28.6 Å². The van der Waals surface area contributed by atoms with Crippen molar-refractivity contribution in [2.75, 3.05) is 14.2 Å². The number of ether oxygens (including phenoxy) is 2. The predicted octanol–water partition coefficient (Wildman–Crippen LogP) is 0.293. The van der Waals surface area contributed by atoms with Crippen LogP contribution in [0, 0.1) is 0 Å². The first kappa shape index (κ1) is 12.7. The Balaban J connectivity index is 2.62. The molecule has 0 aliphatic heterocycles. The van der Waals surface area contributed by atoms with Crippen LogP contribution in [0.25, 0.3) is 11.3 Å². The van der Waals surface area contributed by atoms with E-state index in [0.29, 0.717) is 5.56 Å². The summed E-state index contributed by atoms with van der Waals surface area (Å²) < 4.78 is 10.0. The molecule has 0 aliphatic rings. The SMILES string of the molecule is COc1cc(-c2n[nH]nc2C(N)=O)cc(OC)c1O. The molecule has 0 aliphatic carbocycles. The molecule has 0 spiro atoms. The number of aromatic amines is 1. The molecule has 0 unspecified atom stereocenters. The van der Waals surface area contributed by atoms with Crippen LogP contribution in [-0.2, 0) is 0 Å². The normalized spacial score (nSPS) is 10.2. The number of methoxy groups -OCH3 is 2. The first-order chi connectivity index (χ1) is 9.08. The number of benzene rings is 1. The summed E-state index contributed by atoms with van der Waals surface area (Å²) in [4.78, 5) is 11.2. The zero-order valence-electron chi connectivity index (χ0n) is 10.3. The van der Waals surface area contributed by atoms with Gasteiger partial charge in [0.1, 0.15) is 5.69 Å². The van der Waals surface area contributed by atoms with E-state index in [9.17, 15) is 9.90 Å². The van der Waals surface area contributed by atoms with Gasteiger partial charge in [-0.25, -0.2) is 0 Å². The lowest BCUT2D eigenvalue weighted by atomic mass is 10.1. The molecule has 1 aromatic heterocycles. The van der Waals surface area contributed by atoms with Crippen LogP contribution in [0.5, 0.6) is 17.2 Å². The largest absolute Gasteiger partial charge is 0.502 e. The molecule has 0 fully saturated rings. The van der Waals surface area contributed by atoms with E-state index in [0.717, 1.165) is 0 Å². The van der Waals surface area contributed by atoms with Crippen molar-refractivity contribution in [2.24, 2.45) is 5.73 Å². The maximum atomic E-state index is 11.2. The van der Waals surface area contributed by atoms with Crippen LogP contribution in [0.4, 0.5) is 0 Å². The first-order valence-electron chi connectivity index (χ1n) is 5.24. The second kappa shape index (κ2) is 4.84. The number of aromatic hydroxyl groups is 1. The third kappa shape index (κ3) is 2.15. The number of hydrogen-bond acceptors (Lipinski definition) is 6. The summed E-state index contributed by atoms with van der Waals surface area (Å²) in [6, 6.07) is 3.00. The monoisotopic (exact) mass is 264 g/mol. The number of rotatable bonds is 4. The molecule has 100 valence electrons. The Labute approximate surface area is 108 Å². The van der Waals surface area contributed by atoms with Gasteiger partial charge in [-0.1, -0.05) is 0 Å². The summed E-state index contributed by atoms with van der Waals surface area (Å²) in [6.45, 7) is 0. The Hall–Kier alpha value is -2.77. The summed E-state index contributed by atoms with van der Waals surface area (Å²) in [5.74, 6) is -0.479. The molecule has 1 aromatic carbocycles. The number of phenolic OH excluding ortho intramolecular Hbond substituents is 1. The topological polar surface area (TPSA) is 123 Å². The van der Waals surface area contributed by atoms with Crippen molar-refractivity contribution in [1.29, 1.82) is 0 Å². The van der Waals surface area contributed by atoms with Gasteiger partial charge >= 0.3 is 0 Å². The van der Waals surface area contributed by atoms with Crippen LogP contribution >= 0.6 is 0 Å². The van der Waals surface area contributed by atoms with Crippen molar-refractivity contribution in [3.05, 3.63) is 17.8 Å². The number of carbonyl (C=O) groups is 1. The van der Waals surface area contributed by atoms with E-state index in [4.69, 9.17) is 15.2 Å². The van der Waals surface area contributed by atoms with Crippen LogP contribution < -0.4 is 15.2 Å². The molecule has 19 heavy (non-hydrogen) atoms. The number of nitrogens with one attached hydrogen (secondary N) is 1. The van der Waals surface area contributed by atoms with Crippen LogP contribution in [-0.4, -0.2) is 40.6 Å². The van der Waals surface area contributed by atoms with E-state index in [2.05, 4.69) is 15.4 Å². The quantitative estimate of drug-likeness (QED) is 0.729. The van der Waals surface area contributed by atoms with Crippen molar-refractivity contribution in [3.63, 3.8) is 0 Å². The van der Waals surface area contributed by atoms with Crippen LogP contribution in [0.3, 0.4) is 0 Å². The minimum absolute atomic E-state index is 0.00482. The van der Waals surface area contributed by atoms with Crippen molar-refractivity contribution in [1.82, 2.24) is 15.4 Å². The zero-order chi connectivity index (χ0) is 14.0. The number of H-pyrrole nitrogens is 1. The molecule has 8 heteroatoms. The fraction of sp³-hybridized carbons (Fsp3) is 0.182. The average molecular weight is 264 g/mol. The van der Waals surface area contributed by atoms with Crippen molar-refractivity contribution in [2.45, 2.75) is 0 Å². The van der Waals surface area contributed by atoms with Gasteiger partial charge in [-0.2, -0.15) is 15.4 Å². The minimum Gasteiger partial charge on any atom is -0.502 e. The molecule has 0 radical (unpaired) electrons. The number of amides is 1. The molecular formula is C11H12N4O4. The molecule has 2 rings (SSSR count). The Bertz CT molecular complexity index is 598. The van der Waals surface area contributed by atoms with E-state index in [1.807, 2.05) is 0 Å².